The highest BCUT2D eigenvalue weighted by molar-refractivity contribution is 9.10. The number of hydrogen-bond donors (Lipinski definition) is 2. The minimum absolute atomic E-state index is 0. The summed E-state index contributed by atoms with van der Waals surface area (Å²) in [6, 6.07) is 8.14. The van der Waals surface area contributed by atoms with Crippen LogP contribution in [0.4, 0.5) is 0 Å². The lowest BCUT2D eigenvalue weighted by Crippen LogP contribution is -2.42. The first-order chi connectivity index (χ1) is 10.4. The van der Waals surface area contributed by atoms with Crippen molar-refractivity contribution >= 4 is 34.2 Å². The summed E-state index contributed by atoms with van der Waals surface area (Å²) in [6.07, 6.45) is 3.06. The Hall–Kier alpha value is -0.580. The molecule has 2 rings (SSSR count). The molecule has 0 bridgehead atoms. The Kier molecular flexibility index (Phi) is 8.05. The lowest BCUT2D eigenvalue weighted by atomic mass is 9.85. The fourth-order valence-corrected chi connectivity index (χ4v) is 3.43. The quantitative estimate of drug-likeness (QED) is 0.771. The van der Waals surface area contributed by atoms with Gasteiger partial charge in [-0.05, 0) is 69.3 Å². The predicted octanol–water partition coefficient (Wildman–Crippen LogP) is 4.25. The number of piperidine rings is 1. The van der Waals surface area contributed by atoms with Gasteiger partial charge >= 0.3 is 0 Å². The average Bonchev–Trinajstić information content (AvgIpc) is 2.48. The van der Waals surface area contributed by atoms with Crippen LogP contribution in [0.5, 0.6) is 0 Å². The van der Waals surface area contributed by atoms with Crippen LogP contribution >= 0.6 is 28.3 Å². The van der Waals surface area contributed by atoms with Crippen molar-refractivity contribution in [3.63, 3.8) is 0 Å². The summed E-state index contributed by atoms with van der Waals surface area (Å²) in [5, 5.41) is 6.62. The maximum absolute atomic E-state index is 12.4. The number of carbonyl (C=O) groups is 1. The van der Waals surface area contributed by atoms with Crippen LogP contribution in [-0.4, -0.2) is 19.0 Å². The minimum Gasteiger partial charge on any atom is -0.347 e. The summed E-state index contributed by atoms with van der Waals surface area (Å²) in [4.78, 5) is 12.4. The normalized spacial score (nSPS) is 19.6. The van der Waals surface area contributed by atoms with Crippen molar-refractivity contribution in [1.29, 1.82) is 0 Å². The third-order valence-electron chi connectivity index (χ3n) is 4.66. The number of carbonyl (C=O) groups excluding carboxylic acids is 1. The van der Waals surface area contributed by atoms with Crippen LogP contribution in [0.2, 0.25) is 0 Å². The molecule has 1 saturated heterocycles. The zero-order valence-corrected chi connectivity index (χ0v) is 16.6. The molecule has 1 aromatic carbocycles. The van der Waals surface area contributed by atoms with E-state index in [0.717, 1.165) is 23.1 Å². The maximum Gasteiger partial charge on any atom is 0.220 e. The molecule has 0 radical (unpaired) electrons. The second-order valence-electron chi connectivity index (χ2n) is 6.97. The molecule has 23 heavy (non-hydrogen) atoms. The zero-order valence-electron chi connectivity index (χ0n) is 14.2. The Balaban J connectivity index is 0.00000264. The third kappa shape index (κ3) is 6.09. The Labute approximate surface area is 154 Å². The molecule has 130 valence electrons. The lowest BCUT2D eigenvalue weighted by molar-refractivity contribution is -0.124. The van der Waals surface area contributed by atoms with Crippen LogP contribution in [0.1, 0.15) is 45.6 Å². The molecule has 0 aliphatic carbocycles. The minimum atomic E-state index is -0.345. The van der Waals surface area contributed by atoms with Gasteiger partial charge < -0.3 is 10.6 Å². The van der Waals surface area contributed by atoms with E-state index in [9.17, 15) is 4.79 Å². The van der Waals surface area contributed by atoms with Gasteiger partial charge in [0.1, 0.15) is 0 Å². The SMILES string of the molecule is CC(CC(=O)NC(C)(C)c1ccc(Br)cc1)C1CCCNC1.Cl. The predicted molar refractivity (Wildman–Crippen MR) is 102 cm³/mol. The van der Waals surface area contributed by atoms with Gasteiger partial charge in [-0.2, -0.15) is 0 Å². The van der Waals surface area contributed by atoms with Crippen LogP contribution in [0.25, 0.3) is 0 Å². The van der Waals surface area contributed by atoms with Crippen LogP contribution in [-0.2, 0) is 10.3 Å². The maximum atomic E-state index is 12.4. The van der Waals surface area contributed by atoms with Crippen molar-refractivity contribution in [3.05, 3.63) is 34.3 Å². The van der Waals surface area contributed by atoms with E-state index in [4.69, 9.17) is 0 Å². The number of halogens is 2. The molecule has 1 heterocycles. The van der Waals surface area contributed by atoms with Gasteiger partial charge in [-0.3, -0.25) is 4.79 Å². The standard InChI is InChI=1S/C18H27BrN2O.ClH/c1-13(14-5-4-10-20-12-14)11-17(22)21-18(2,3)15-6-8-16(19)9-7-15;/h6-9,13-14,20H,4-5,10-12H2,1-3H3,(H,21,22);1H. The molecule has 1 aliphatic heterocycles. The Morgan fingerprint density at radius 2 is 2.04 bits per heavy atom. The molecule has 2 atom stereocenters. The first-order valence-electron chi connectivity index (χ1n) is 8.16. The van der Waals surface area contributed by atoms with E-state index in [0.29, 0.717) is 18.3 Å². The number of benzene rings is 1. The molecule has 0 spiro atoms. The van der Waals surface area contributed by atoms with Crippen LogP contribution < -0.4 is 10.6 Å². The molecule has 1 amide bonds. The van der Waals surface area contributed by atoms with E-state index in [2.05, 4.69) is 59.5 Å². The fourth-order valence-electron chi connectivity index (χ4n) is 3.16. The Morgan fingerprint density at radius 3 is 2.61 bits per heavy atom. The van der Waals surface area contributed by atoms with Crippen molar-refractivity contribution in [1.82, 2.24) is 10.6 Å². The molecule has 2 unspecified atom stereocenters. The molecular formula is C18H28BrClN2O. The van der Waals surface area contributed by atoms with E-state index in [1.165, 1.54) is 12.8 Å². The summed E-state index contributed by atoms with van der Waals surface area (Å²) in [6.45, 7) is 8.47. The van der Waals surface area contributed by atoms with Crippen molar-refractivity contribution in [2.75, 3.05) is 13.1 Å². The van der Waals surface area contributed by atoms with Crippen molar-refractivity contribution < 1.29 is 4.79 Å². The molecular weight excluding hydrogens is 376 g/mol. The smallest absolute Gasteiger partial charge is 0.220 e. The largest absolute Gasteiger partial charge is 0.347 e. The van der Waals surface area contributed by atoms with E-state index in [1.54, 1.807) is 0 Å². The van der Waals surface area contributed by atoms with E-state index in [-0.39, 0.29) is 23.9 Å². The molecule has 2 N–H and O–H groups in total. The summed E-state index contributed by atoms with van der Waals surface area (Å²) < 4.78 is 1.05. The summed E-state index contributed by atoms with van der Waals surface area (Å²) in [5.74, 6) is 1.19. The first kappa shape index (κ1) is 20.5. The van der Waals surface area contributed by atoms with Crippen LogP contribution in [0, 0.1) is 11.8 Å². The third-order valence-corrected chi connectivity index (χ3v) is 5.19. The summed E-state index contributed by atoms with van der Waals surface area (Å²) in [7, 11) is 0. The number of rotatable bonds is 5. The van der Waals surface area contributed by atoms with Gasteiger partial charge in [0.2, 0.25) is 5.91 Å². The summed E-state index contributed by atoms with van der Waals surface area (Å²) >= 11 is 3.45. The molecule has 0 saturated carbocycles. The van der Waals surface area contributed by atoms with E-state index >= 15 is 0 Å². The molecule has 1 fully saturated rings. The van der Waals surface area contributed by atoms with Crippen molar-refractivity contribution in [3.8, 4) is 0 Å². The molecule has 1 aliphatic rings. The monoisotopic (exact) mass is 402 g/mol. The number of nitrogens with one attached hydrogen (secondary N) is 2. The van der Waals surface area contributed by atoms with Crippen LogP contribution in [0.15, 0.2) is 28.7 Å². The molecule has 3 nitrogen and oxygen atoms in total. The Morgan fingerprint density at radius 1 is 1.39 bits per heavy atom. The molecule has 1 aromatic rings. The molecule has 0 aromatic heterocycles. The Bertz CT molecular complexity index is 498. The van der Waals surface area contributed by atoms with E-state index < -0.39 is 0 Å². The van der Waals surface area contributed by atoms with Gasteiger partial charge in [0.05, 0.1) is 5.54 Å². The second-order valence-corrected chi connectivity index (χ2v) is 7.88. The second kappa shape index (κ2) is 9.05. The highest BCUT2D eigenvalue weighted by atomic mass is 79.9. The van der Waals surface area contributed by atoms with Gasteiger partial charge in [0.15, 0.2) is 0 Å². The van der Waals surface area contributed by atoms with E-state index in [1.807, 2.05) is 12.1 Å². The van der Waals surface area contributed by atoms with Gasteiger partial charge in [0.25, 0.3) is 0 Å². The van der Waals surface area contributed by atoms with Crippen molar-refractivity contribution in [2.24, 2.45) is 11.8 Å². The number of amides is 1. The van der Waals surface area contributed by atoms with Crippen LogP contribution in [0.3, 0.4) is 0 Å². The van der Waals surface area contributed by atoms with Gasteiger partial charge in [-0.1, -0.05) is 35.0 Å². The number of hydrogen-bond acceptors (Lipinski definition) is 2. The van der Waals surface area contributed by atoms with Gasteiger partial charge in [0, 0.05) is 10.9 Å². The average molecular weight is 404 g/mol. The van der Waals surface area contributed by atoms with Crippen molar-refractivity contribution in [2.45, 2.75) is 45.6 Å². The van der Waals surface area contributed by atoms with Gasteiger partial charge in [-0.15, -0.1) is 12.4 Å². The lowest BCUT2D eigenvalue weighted by Gasteiger charge is -2.31. The van der Waals surface area contributed by atoms with Gasteiger partial charge in [-0.25, -0.2) is 0 Å². The highest BCUT2D eigenvalue weighted by Crippen LogP contribution is 2.25. The highest BCUT2D eigenvalue weighted by Gasteiger charge is 2.26. The summed E-state index contributed by atoms with van der Waals surface area (Å²) in [5.41, 5.74) is 0.776. The fraction of sp³-hybridized carbons (Fsp3) is 0.611. The molecule has 5 heteroatoms. The topological polar surface area (TPSA) is 41.1 Å². The first-order valence-corrected chi connectivity index (χ1v) is 8.95. The zero-order chi connectivity index (χ0) is 16.2.